The predicted molar refractivity (Wildman–Crippen MR) is 96.5 cm³/mol. The Morgan fingerprint density at radius 2 is 2.08 bits per heavy atom. The number of piperidine rings is 1. The molecule has 5 nitrogen and oxygen atoms in total. The van der Waals surface area contributed by atoms with Gasteiger partial charge in [0.1, 0.15) is 5.52 Å². The molecule has 1 amide bonds. The Hall–Kier alpha value is -2.08. The molecule has 0 aliphatic carbocycles. The summed E-state index contributed by atoms with van der Waals surface area (Å²) in [5, 5.41) is 4.30. The van der Waals surface area contributed by atoms with E-state index in [1.54, 1.807) is 23.1 Å². The molecule has 7 heteroatoms. The average Bonchev–Trinajstić information content (AvgIpc) is 2.58. The van der Waals surface area contributed by atoms with Crippen molar-refractivity contribution in [2.45, 2.75) is 38.8 Å². The Kier molecular flexibility index (Phi) is 5.27. The first-order valence-electron chi connectivity index (χ1n) is 8.40. The topological polar surface area (TPSA) is 54.5 Å². The third-order valence-electron chi connectivity index (χ3n) is 4.25. The lowest BCUT2D eigenvalue weighted by atomic mass is 10.0. The number of anilines is 1. The number of carbonyl (C=O) groups excluding carboxylic acids is 1. The van der Waals surface area contributed by atoms with E-state index in [0.29, 0.717) is 29.2 Å². The number of pyridine rings is 1. The zero-order valence-electron chi connectivity index (χ0n) is 14.3. The molecule has 1 aliphatic heterocycles. The third kappa shape index (κ3) is 3.95. The number of aromatic nitrogens is 1. The highest BCUT2D eigenvalue weighted by molar-refractivity contribution is 6.35. The van der Waals surface area contributed by atoms with Crippen molar-refractivity contribution >= 4 is 34.3 Å². The lowest BCUT2D eigenvalue weighted by Crippen LogP contribution is -2.43. The van der Waals surface area contributed by atoms with Gasteiger partial charge in [-0.25, -0.2) is 9.18 Å². The fourth-order valence-corrected chi connectivity index (χ4v) is 3.17. The van der Waals surface area contributed by atoms with Crippen molar-refractivity contribution in [1.29, 1.82) is 0 Å². The summed E-state index contributed by atoms with van der Waals surface area (Å²) in [7, 11) is 0. The van der Waals surface area contributed by atoms with E-state index in [4.69, 9.17) is 16.3 Å². The SMILES string of the molecule is CC(C)OC(=O)N1CCC(Nc2ccc3c(Cl)ccnc3c2F)CC1. The second-order valence-corrected chi connectivity index (χ2v) is 6.86. The van der Waals surface area contributed by atoms with Crippen LogP contribution < -0.4 is 5.32 Å². The van der Waals surface area contributed by atoms with Gasteiger partial charge < -0.3 is 15.0 Å². The van der Waals surface area contributed by atoms with Gasteiger partial charge in [0, 0.05) is 30.7 Å². The molecule has 1 fully saturated rings. The molecular formula is C18H21ClFN3O2. The molecule has 0 spiro atoms. The normalized spacial score (nSPS) is 15.6. The largest absolute Gasteiger partial charge is 0.447 e. The predicted octanol–water partition coefficient (Wildman–Crippen LogP) is 4.45. The molecule has 0 radical (unpaired) electrons. The van der Waals surface area contributed by atoms with Gasteiger partial charge in [-0.05, 0) is 44.9 Å². The number of halogens is 2. The molecule has 25 heavy (non-hydrogen) atoms. The first-order valence-corrected chi connectivity index (χ1v) is 8.78. The quantitative estimate of drug-likeness (QED) is 0.873. The summed E-state index contributed by atoms with van der Waals surface area (Å²) in [4.78, 5) is 17.7. The second-order valence-electron chi connectivity index (χ2n) is 6.45. The van der Waals surface area contributed by atoms with E-state index in [1.165, 1.54) is 6.20 Å². The molecule has 2 aromatic rings. The van der Waals surface area contributed by atoms with E-state index in [2.05, 4.69) is 10.3 Å². The number of carbonyl (C=O) groups is 1. The third-order valence-corrected chi connectivity index (χ3v) is 4.58. The van der Waals surface area contributed by atoms with E-state index in [1.807, 2.05) is 13.8 Å². The van der Waals surface area contributed by atoms with Crippen molar-refractivity contribution in [2.24, 2.45) is 0 Å². The number of hydrogen-bond acceptors (Lipinski definition) is 4. The molecule has 3 rings (SSSR count). The zero-order chi connectivity index (χ0) is 18.0. The van der Waals surface area contributed by atoms with Gasteiger partial charge in [-0.15, -0.1) is 0 Å². The molecule has 0 saturated carbocycles. The summed E-state index contributed by atoms with van der Waals surface area (Å²) < 4.78 is 19.9. The van der Waals surface area contributed by atoms with E-state index in [0.717, 1.165) is 12.8 Å². The molecule has 2 heterocycles. The van der Waals surface area contributed by atoms with Gasteiger partial charge in [0.05, 0.1) is 16.8 Å². The number of amides is 1. The average molecular weight is 366 g/mol. The number of ether oxygens (including phenoxy) is 1. The van der Waals surface area contributed by atoms with Gasteiger partial charge in [0.2, 0.25) is 0 Å². The Labute approximate surface area is 151 Å². The van der Waals surface area contributed by atoms with Crippen LogP contribution in [0.15, 0.2) is 24.4 Å². The van der Waals surface area contributed by atoms with Crippen LogP contribution in [0.5, 0.6) is 0 Å². The molecule has 1 saturated heterocycles. The van der Waals surface area contributed by atoms with E-state index in [9.17, 15) is 9.18 Å². The number of fused-ring (bicyclic) bond motifs is 1. The number of nitrogens with zero attached hydrogens (tertiary/aromatic N) is 2. The number of nitrogens with one attached hydrogen (secondary N) is 1. The molecule has 1 N–H and O–H groups in total. The second kappa shape index (κ2) is 7.44. The Morgan fingerprint density at radius 3 is 2.76 bits per heavy atom. The minimum Gasteiger partial charge on any atom is -0.447 e. The first kappa shape index (κ1) is 17.7. The summed E-state index contributed by atoms with van der Waals surface area (Å²) >= 11 is 6.08. The van der Waals surface area contributed by atoms with Gasteiger partial charge in [-0.1, -0.05) is 11.6 Å². The van der Waals surface area contributed by atoms with Gasteiger partial charge in [0.25, 0.3) is 0 Å². The molecule has 1 aliphatic rings. The van der Waals surface area contributed by atoms with Crippen LogP contribution in [0.4, 0.5) is 14.9 Å². The van der Waals surface area contributed by atoms with Crippen molar-refractivity contribution in [2.75, 3.05) is 18.4 Å². The first-order chi connectivity index (χ1) is 12.0. The molecule has 0 atom stereocenters. The van der Waals surface area contributed by atoms with Crippen molar-refractivity contribution in [1.82, 2.24) is 9.88 Å². The van der Waals surface area contributed by atoms with Gasteiger partial charge in [-0.2, -0.15) is 0 Å². The monoisotopic (exact) mass is 365 g/mol. The maximum absolute atomic E-state index is 14.7. The Balaban J connectivity index is 1.65. The summed E-state index contributed by atoms with van der Waals surface area (Å²) in [6.07, 6.45) is 2.54. The molecular weight excluding hydrogens is 345 g/mol. The minimum absolute atomic E-state index is 0.0919. The van der Waals surface area contributed by atoms with E-state index in [-0.39, 0.29) is 23.8 Å². The van der Waals surface area contributed by atoms with Crippen LogP contribution in [0.3, 0.4) is 0 Å². The molecule has 1 aromatic carbocycles. The van der Waals surface area contributed by atoms with Crippen LogP contribution in [0.25, 0.3) is 10.9 Å². The van der Waals surface area contributed by atoms with Gasteiger partial charge >= 0.3 is 6.09 Å². The fourth-order valence-electron chi connectivity index (χ4n) is 2.96. The maximum atomic E-state index is 14.7. The van der Waals surface area contributed by atoms with E-state index < -0.39 is 5.82 Å². The summed E-state index contributed by atoms with van der Waals surface area (Å²) in [5.74, 6) is -0.401. The molecule has 0 bridgehead atoms. The van der Waals surface area contributed by atoms with Crippen LogP contribution in [0.2, 0.25) is 5.02 Å². The highest BCUT2D eigenvalue weighted by Gasteiger charge is 2.25. The van der Waals surface area contributed by atoms with Crippen molar-refractivity contribution in [3.8, 4) is 0 Å². The standard InChI is InChI=1S/C18H21ClFN3O2/c1-11(2)25-18(24)23-9-6-12(7-10-23)22-15-4-3-13-14(19)5-8-21-17(13)16(15)20/h3-5,8,11-12,22H,6-7,9-10H2,1-2H3. The van der Waals surface area contributed by atoms with Crippen LogP contribution in [-0.2, 0) is 4.74 Å². The maximum Gasteiger partial charge on any atom is 0.410 e. The lowest BCUT2D eigenvalue weighted by molar-refractivity contribution is 0.0701. The van der Waals surface area contributed by atoms with Crippen LogP contribution in [0, 0.1) is 5.82 Å². The number of likely N-dealkylation sites (tertiary alicyclic amines) is 1. The number of rotatable bonds is 3. The lowest BCUT2D eigenvalue weighted by Gasteiger charge is -2.32. The minimum atomic E-state index is -0.401. The molecule has 134 valence electrons. The fraction of sp³-hybridized carbons (Fsp3) is 0.444. The molecule has 1 aromatic heterocycles. The summed E-state index contributed by atoms with van der Waals surface area (Å²) in [6, 6.07) is 5.19. The summed E-state index contributed by atoms with van der Waals surface area (Å²) in [6.45, 7) is 4.83. The number of hydrogen-bond donors (Lipinski definition) is 1. The van der Waals surface area contributed by atoms with E-state index >= 15 is 0 Å². The van der Waals surface area contributed by atoms with Crippen LogP contribution in [-0.4, -0.2) is 41.2 Å². The van der Waals surface area contributed by atoms with Crippen molar-refractivity contribution in [3.63, 3.8) is 0 Å². The summed E-state index contributed by atoms with van der Waals surface area (Å²) in [5.41, 5.74) is 0.668. The van der Waals surface area contributed by atoms with Crippen molar-refractivity contribution < 1.29 is 13.9 Å². The molecule has 0 unspecified atom stereocenters. The Bertz CT molecular complexity index is 776. The van der Waals surface area contributed by atoms with Gasteiger partial charge in [0.15, 0.2) is 5.82 Å². The number of benzene rings is 1. The van der Waals surface area contributed by atoms with Gasteiger partial charge in [-0.3, -0.25) is 4.98 Å². The zero-order valence-corrected chi connectivity index (χ0v) is 15.0. The van der Waals surface area contributed by atoms with Crippen LogP contribution in [0.1, 0.15) is 26.7 Å². The van der Waals surface area contributed by atoms with Crippen LogP contribution >= 0.6 is 11.6 Å². The highest BCUT2D eigenvalue weighted by atomic mass is 35.5. The Morgan fingerprint density at radius 1 is 1.36 bits per heavy atom. The highest BCUT2D eigenvalue weighted by Crippen LogP contribution is 2.29. The smallest absolute Gasteiger partial charge is 0.410 e. The van der Waals surface area contributed by atoms with Crippen molar-refractivity contribution in [3.05, 3.63) is 35.2 Å².